The molecule has 2 unspecified atom stereocenters. The summed E-state index contributed by atoms with van der Waals surface area (Å²) < 4.78 is 5.59. The molecule has 1 saturated heterocycles. The quantitative estimate of drug-likeness (QED) is 0.264. The fraction of sp³-hybridized carbons (Fsp3) is 0.417. The highest BCUT2D eigenvalue weighted by Crippen LogP contribution is 2.31. The Morgan fingerprint density at radius 2 is 1.75 bits per heavy atom. The molecule has 1 heterocycles. The number of Topliss-reactive ketones (excluding diaryl/α,β-unsaturated/α-hetero) is 1. The largest absolute Gasteiger partial charge is 0.461 e. The first-order valence-electron chi connectivity index (χ1n) is 10.0. The van der Waals surface area contributed by atoms with Gasteiger partial charge in [0.05, 0.1) is 0 Å². The third-order valence-electron chi connectivity index (χ3n) is 4.69. The van der Waals surface area contributed by atoms with Gasteiger partial charge in [0.25, 0.3) is 0 Å². The summed E-state index contributed by atoms with van der Waals surface area (Å²) in [5, 5.41) is 0. The second-order valence-electron chi connectivity index (χ2n) is 6.83. The molecular weight excluding hydrogens is 368 g/mol. The summed E-state index contributed by atoms with van der Waals surface area (Å²) in [4.78, 5) is 26.3. The van der Waals surface area contributed by atoms with Gasteiger partial charge in [-0.15, -0.1) is 11.8 Å². The zero-order valence-electron chi connectivity index (χ0n) is 17.2. The molecule has 0 radical (unpaired) electrons. The molecule has 150 valence electrons. The molecule has 28 heavy (non-hydrogen) atoms. The van der Waals surface area contributed by atoms with Crippen LogP contribution in [-0.2, 0) is 14.3 Å². The van der Waals surface area contributed by atoms with Crippen LogP contribution in [0.5, 0.6) is 0 Å². The summed E-state index contributed by atoms with van der Waals surface area (Å²) in [6.45, 7) is 7.94. The van der Waals surface area contributed by atoms with Gasteiger partial charge in [0.2, 0.25) is 0 Å². The van der Waals surface area contributed by atoms with Crippen molar-refractivity contribution < 1.29 is 14.3 Å². The summed E-state index contributed by atoms with van der Waals surface area (Å²) in [6.07, 6.45) is 1.68. The van der Waals surface area contributed by atoms with Gasteiger partial charge in [0, 0.05) is 11.3 Å². The first kappa shape index (κ1) is 22.2. The van der Waals surface area contributed by atoms with Crippen molar-refractivity contribution in [1.29, 1.82) is 0 Å². The molecule has 3 nitrogen and oxygen atoms in total. The first-order chi connectivity index (χ1) is 13.5. The highest BCUT2D eigenvalue weighted by Gasteiger charge is 2.38. The van der Waals surface area contributed by atoms with E-state index in [2.05, 4.69) is 12.1 Å². The standard InChI is InChI=1S/C22H24O3S.C2H6/c1-15-10-11-19(16(2)13-15)21-20(23)14-17(25-22(21)24)7-6-12-26-18-8-4-3-5-9-18;1-2/h3-5,8-11,13,17,21H,6-7,12,14H2,1-2H3;1-2H3. The van der Waals surface area contributed by atoms with E-state index in [1.807, 2.05) is 64.1 Å². The monoisotopic (exact) mass is 398 g/mol. The molecule has 0 spiro atoms. The maximum Gasteiger partial charge on any atom is 0.321 e. The van der Waals surface area contributed by atoms with Crippen molar-refractivity contribution in [3.05, 3.63) is 65.2 Å². The minimum absolute atomic E-state index is 0.0195. The number of ether oxygens (including phenoxy) is 1. The lowest BCUT2D eigenvalue weighted by Gasteiger charge is -2.28. The zero-order valence-corrected chi connectivity index (χ0v) is 18.1. The van der Waals surface area contributed by atoms with Gasteiger partial charge < -0.3 is 4.74 Å². The topological polar surface area (TPSA) is 43.4 Å². The van der Waals surface area contributed by atoms with Crippen LogP contribution in [-0.4, -0.2) is 23.6 Å². The van der Waals surface area contributed by atoms with E-state index in [1.165, 1.54) is 4.90 Å². The second kappa shape index (κ2) is 11.1. The molecule has 0 amide bonds. The third kappa shape index (κ3) is 5.96. The van der Waals surface area contributed by atoms with E-state index in [4.69, 9.17) is 4.74 Å². The summed E-state index contributed by atoms with van der Waals surface area (Å²) >= 11 is 1.79. The second-order valence-corrected chi connectivity index (χ2v) is 7.99. The van der Waals surface area contributed by atoms with E-state index in [9.17, 15) is 9.59 Å². The molecule has 2 atom stereocenters. The summed E-state index contributed by atoms with van der Waals surface area (Å²) in [6, 6.07) is 16.0. The van der Waals surface area contributed by atoms with E-state index in [1.54, 1.807) is 11.8 Å². The first-order valence-corrected chi connectivity index (χ1v) is 11.0. The van der Waals surface area contributed by atoms with Crippen molar-refractivity contribution in [3.8, 4) is 0 Å². The molecule has 0 N–H and O–H groups in total. The number of ketones is 1. The van der Waals surface area contributed by atoms with Gasteiger partial charge in [-0.05, 0) is 55.7 Å². The van der Waals surface area contributed by atoms with E-state index in [0.717, 1.165) is 35.3 Å². The van der Waals surface area contributed by atoms with Crippen LogP contribution in [0.2, 0.25) is 0 Å². The van der Waals surface area contributed by atoms with Crippen molar-refractivity contribution in [3.63, 3.8) is 0 Å². The molecular formula is C24H30O3S. The Balaban J connectivity index is 0.00000136. The van der Waals surface area contributed by atoms with Crippen LogP contribution in [0.4, 0.5) is 0 Å². The molecule has 0 aromatic heterocycles. The molecule has 2 aromatic carbocycles. The Kier molecular flexibility index (Phi) is 8.78. The SMILES string of the molecule is CC.Cc1ccc(C2C(=O)CC(CCCSc3ccccc3)OC2=O)c(C)c1. The summed E-state index contributed by atoms with van der Waals surface area (Å²) in [7, 11) is 0. The van der Waals surface area contributed by atoms with E-state index in [-0.39, 0.29) is 11.9 Å². The summed E-state index contributed by atoms with van der Waals surface area (Å²) in [5.74, 6) is -0.222. The number of hydrogen-bond donors (Lipinski definition) is 0. The minimum Gasteiger partial charge on any atom is -0.461 e. The van der Waals surface area contributed by atoms with E-state index in [0.29, 0.717) is 6.42 Å². The number of esters is 1. The van der Waals surface area contributed by atoms with Gasteiger partial charge in [0.15, 0.2) is 5.78 Å². The number of aryl methyl sites for hydroxylation is 2. The number of benzene rings is 2. The molecule has 0 bridgehead atoms. The van der Waals surface area contributed by atoms with Crippen LogP contribution in [0, 0.1) is 13.8 Å². The molecule has 0 aliphatic carbocycles. The molecule has 2 aromatic rings. The normalized spacial score (nSPS) is 18.9. The molecule has 1 fully saturated rings. The van der Waals surface area contributed by atoms with Crippen molar-refractivity contribution in [2.75, 3.05) is 5.75 Å². The van der Waals surface area contributed by atoms with Crippen molar-refractivity contribution in [2.45, 2.75) is 63.9 Å². The fourth-order valence-corrected chi connectivity index (χ4v) is 4.27. The Bertz CT molecular complexity index is 768. The average molecular weight is 399 g/mol. The van der Waals surface area contributed by atoms with Gasteiger partial charge in [0.1, 0.15) is 12.0 Å². The highest BCUT2D eigenvalue weighted by atomic mass is 32.2. The number of cyclic esters (lactones) is 1. The molecule has 3 rings (SSSR count). The van der Waals surface area contributed by atoms with Gasteiger partial charge in [-0.3, -0.25) is 9.59 Å². The molecule has 1 aliphatic rings. The number of carbonyl (C=O) groups is 2. The van der Waals surface area contributed by atoms with Gasteiger partial charge in [-0.2, -0.15) is 0 Å². The van der Waals surface area contributed by atoms with Crippen LogP contribution in [0.1, 0.15) is 55.7 Å². The Labute approximate surface area is 172 Å². The van der Waals surface area contributed by atoms with Gasteiger partial charge in [-0.1, -0.05) is 55.8 Å². The fourth-order valence-electron chi connectivity index (χ4n) is 3.38. The van der Waals surface area contributed by atoms with E-state index >= 15 is 0 Å². The van der Waals surface area contributed by atoms with Crippen LogP contribution in [0.15, 0.2) is 53.4 Å². The molecule has 1 aliphatic heterocycles. The Morgan fingerprint density at radius 1 is 1.04 bits per heavy atom. The number of carbonyl (C=O) groups excluding carboxylic acids is 2. The highest BCUT2D eigenvalue weighted by molar-refractivity contribution is 7.99. The van der Waals surface area contributed by atoms with Crippen LogP contribution in [0.3, 0.4) is 0 Å². The average Bonchev–Trinajstić information content (AvgIpc) is 2.69. The lowest BCUT2D eigenvalue weighted by Crippen LogP contribution is -2.37. The van der Waals surface area contributed by atoms with Gasteiger partial charge in [-0.25, -0.2) is 0 Å². The van der Waals surface area contributed by atoms with Gasteiger partial charge >= 0.3 is 5.97 Å². The predicted molar refractivity (Wildman–Crippen MR) is 116 cm³/mol. The Hall–Kier alpha value is -2.07. The minimum atomic E-state index is -0.759. The predicted octanol–water partition coefficient (Wildman–Crippen LogP) is 5.87. The lowest BCUT2D eigenvalue weighted by atomic mass is 9.86. The maximum atomic E-state index is 12.6. The number of hydrogen-bond acceptors (Lipinski definition) is 4. The smallest absolute Gasteiger partial charge is 0.321 e. The third-order valence-corrected chi connectivity index (χ3v) is 5.79. The Morgan fingerprint density at radius 3 is 2.39 bits per heavy atom. The lowest BCUT2D eigenvalue weighted by molar-refractivity contribution is -0.160. The van der Waals surface area contributed by atoms with Crippen molar-refractivity contribution in [2.24, 2.45) is 0 Å². The van der Waals surface area contributed by atoms with Crippen LogP contribution < -0.4 is 0 Å². The zero-order chi connectivity index (χ0) is 20.5. The van der Waals surface area contributed by atoms with Crippen molar-refractivity contribution >= 4 is 23.5 Å². The number of rotatable bonds is 6. The number of thioether (sulfide) groups is 1. The maximum absolute atomic E-state index is 12.6. The van der Waals surface area contributed by atoms with E-state index < -0.39 is 11.9 Å². The summed E-state index contributed by atoms with van der Waals surface area (Å²) in [5.41, 5.74) is 2.87. The van der Waals surface area contributed by atoms with Crippen molar-refractivity contribution in [1.82, 2.24) is 0 Å². The molecule has 0 saturated carbocycles. The molecule has 4 heteroatoms. The van der Waals surface area contributed by atoms with Crippen LogP contribution in [0.25, 0.3) is 0 Å². The van der Waals surface area contributed by atoms with Crippen LogP contribution >= 0.6 is 11.8 Å².